The molecule has 2 aromatic rings. The molecule has 0 fully saturated rings. The van der Waals surface area contributed by atoms with Crippen molar-refractivity contribution in [3.05, 3.63) is 53.6 Å². The number of benzene rings is 2. The zero-order valence-electron chi connectivity index (χ0n) is 16.1. The van der Waals surface area contributed by atoms with E-state index in [0.29, 0.717) is 5.56 Å². The summed E-state index contributed by atoms with van der Waals surface area (Å²) >= 11 is 0. The second-order valence-electron chi connectivity index (χ2n) is 7.25. The summed E-state index contributed by atoms with van der Waals surface area (Å²) in [5.74, 6) is -2.20. The highest BCUT2D eigenvalue weighted by molar-refractivity contribution is 5.79. The van der Waals surface area contributed by atoms with Gasteiger partial charge in [-0.15, -0.1) is 0 Å². The molecular weight excluding hydrogens is 414 g/mol. The number of hydrogen-bond acceptors (Lipinski definition) is 2. The van der Waals surface area contributed by atoms with E-state index in [4.69, 9.17) is 4.74 Å². The summed E-state index contributed by atoms with van der Waals surface area (Å²) in [6, 6.07) is 7.76. The van der Waals surface area contributed by atoms with E-state index in [1.165, 1.54) is 18.2 Å². The summed E-state index contributed by atoms with van der Waals surface area (Å²) in [4.78, 5) is 11.7. The zero-order valence-corrected chi connectivity index (χ0v) is 16.1. The van der Waals surface area contributed by atoms with E-state index in [1.54, 1.807) is 0 Å². The molecule has 30 heavy (non-hydrogen) atoms. The van der Waals surface area contributed by atoms with E-state index in [1.807, 2.05) is 13.8 Å². The molecule has 1 unspecified atom stereocenters. The Balaban J connectivity index is 2.52. The van der Waals surface area contributed by atoms with Crippen LogP contribution in [0.4, 0.5) is 26.3 Å². The SMILES string of the molecule is CC(C)CC(C(=O)O)c1ccc(OCC(F)(F)F)c(-c2ccc(C(F)(F)F)cc2)c1. The predicted octanol–water partition coefficient (Wildman–Crippen LogP) is 6.53. The van der Waals surface area contributed by atoms with Gasteiger partial charge in [-0.25, -0.2) is 0 Å². The topological polar surface area (TPSA) is 46.5 Å². The predicted molar refractivity (Wildman–Crippen MR) is 98.3 cm³/mol. The highest BCUT2D eigenvalue weighted by Crippen LogP contribution is 2.37. The molecule has 0 aliphatic rings. The number of aliphatic carboxylic acids is 1. The third-order valence-electron chi connectivity index (χ3n) is 4.33. The van der Waals surface area contributed by atoms with Gasteiger partial charge >= 0.3 is 18.3 Å². The Kier molecular flexibility index (Phi) is 7.05. The van der Waals surface area contributed by atoms with Gasteiger partial charge in [0.2, 0.25) is 0 Å². The van der Waals surface area contributed by atoms with Gasteiger partial charge in [0.1, 0.15) is 5.75 Å². The largest absolute Gasteiger partial charge is 0.483 e. The monoisotopic (exact) mass is 434 g/mol. The Morgan fingerprint density at radius 2 is 1.60 bits per heavy atom. The third-order valence-corrected chi connectivity index (χ3v) is 4.33. The van der Waals surface area contributed by atoms with Crippen molar-refractivity contribution < 1.29 is 41.0 Å². The molecule has 0 aliphatic heterocycles. The van der Waals surface area contributed by atoms with Gasteiger partial charge < -0.3 is 9.84 Å². The minimum atomic E-state index is -4.61. The van der Waals surface area contributed by atoms with Crippen LogP contribution < -0.4 is 4.74 Å². The fraction of sp³-hybridized carbons (Fsp3) is 0.381. The highest BCUT2D eigenvalue weighted by atomic mass is 19.4. The number of carbonyl (C=O) groups is 1. The second kappa shape index (κ2) is 8.97. The van der Waals surface area contributed by atoms with E-state index >= 15 is 0 Å². The maximum atomic E-state index is 12.8. The van der Waals surface area contributed by atoms with Crippen molar-refractivity contribution in [1.29, 1.82) is 0 Å². The van der Waals surface area contributed by atoms with Crippen molar-refractivity contribution in [3.63, 3.8) is 0 Å². The number of ether oxygens (including phenoxy) is 1. The van der Waals surface area contributed by atoms with Gasteiger partial charge in [-0.05, 0) is 47.7 Å². The molecule has 0 spiro atoms. The fourth-order valence-electron chi connectivity index (χ4n) is 2.97. The molecule has 1 atom stereocenters. The zero-order chi connectivity index (χ0) is 22.7. The highest BCUT2D eigenvalue weighted by Gasteiger charge is 2.31. The number of rotatable bonds is 7. The summed E-state index contributed by atoms with van der Waals surface area (Å²) < 4.78 is 81.1. The summed E-state index contributed by atoms with van der Waals surface area (Å²) in [6.07, 6.45) is -8.90. The quantitative estimate of drug-likeness (QED) is 0.504. The standard InChI is InChI=1S/C21H20F6O3/c1-12(2)9-17(19(28)29)14-5-8-18(30-11-20(22,23)24)16(10-14)13-3-6-15(7-4-13)21(25,26)27/h3-8,10,12,17H,9,11H2,1-2H3,(H,28,29). The summed E-state index contributed by atoms with van der Waals surface area (Å²) in [5.41, 5.74) is -0.329. The van der Waals surface area contributed by atoms with Gasteiger partial charge in [-0.1, -0.05) is 32.0 Å². The Labute approximate surface area is 169 Å². The number of hydrogen-bond donors (Lipinski definition) is 1. The van der Waals surface area contributed by atoms with Crippen molar-refractivity contribution in [3.8, 4) is 16.9 Å². The maximum Gasteiger partial charge on any atom is 0.422 e. The first-order chi connectivity index (χ1) is 13.8. The fourth-order valence-corrected chi connectivity index (χ4v) is 2.97. The van der Waals surface area contributed by atoms with Crippen LogP contribution in [-0.2, 0) is 11.0 Å². The molecule has 0 aliphatic carbocycles. The lowest BCUT2D eigenvalue weighted by molar-refractivity contribution is -0.153. The number of alkyl halides is 6. The van der Waals surface area contributed by atoms with Gasteiger partial charge in [0.05, 0.1) is 11.5 Å². The third kappa shape index (κ3) is 6.40. The minimum absolute atomic E-state index is 0.0294. The Morgan fingerprint density at radius 1 is 1.00 bits per heavy atom. The summed E-state index contributed by atoms with van der Waals surface area (Å²) in [7, 11) is 0. The second-order valence-corrected chi connectivity index (χ2v) is 7.25. The van der Waals surface area contributed by atoms with Crippen molar-refractivity contribution in [1.82, 2.24) is 0 Å². The van der Waals surface area contributed by atoms with Crippen molar-refractivity contribution >= 4 is 5.97 Å². The molecule has 1 N–H and O–H groups in total. The van der Waals surface area contributed by atoms with E-state index in [9.17, 15) is 36.2 Å². The van der Waals surface area contributed by atoms with Crippen molar-refractivity contribution in [2.75, 3.05) is 6.61 Å². The van der Waals surface area contributed by atoms with Crippen LogP contribution in [0.25, 0.3) is 11.1 Å². The van der Waals surface area contributed by atoms with Crippen LogP contribution in [0.2, 0.25) is 0 Å². The molecular formula is C21H20F6O3. The van der Waals surface area contributed by atoms with Crippen LogP contribution >= 0.6 is 0 Å². The van der Waals surface area contributed by atoms with Gasteiger partial charge in [0.15, 0.2) is 6.61 Å². The van der Waals surface area contributed by atoms with Gasteiger partial charge in [-0.3, -0.25) is 4.79 Å². The Bertz CT molecular complexity index is 870. The van der Waals surface area contributed by atoms with Crippen LogP contribution in [0.5, 0.6) is 5.75 Å². The molecule has 2 aromatic carbocycles. The molecule has 0 radical (unpaired) electrons. The lowest BCUT2D eigenvalue weighted by Gasteiger charge is -2.19. The molecule has 9 heteroatoms. The van der Waals surface area contributed by atoms with Crippen LogP contribution in [0, 0.1) is 5.92 Å². The number of halogens is 6. The molecule has 0 heterocycles. The van der Waals surface area contributed by atoms with Gasteiger partial charge in [0, 0.05) is 5.56 Å². The first-order valence-corrected chi connectivity index (χ1v) is 9.02. The van der Waals surface area contributed by atoms with Crippen LogP contribution in [0.15, 0.2) is 42.5 Å². The number of carboxylic acid groups (broad SMARTS) is 1. The molecule has 2 rings (SSSR count). The molecule has 0 aromatic heterocycles. The van der Waals surface area contributed by atoms with E-state index < -0.39 is 36.4 Å². The minimum Gasteiger partial charge on any atom is -0.483 e. The van der Waals surface area contributed by atoms with Gasteiger partial charge in [0.25, 0.3) is 0 Å². The first-order valence-electron chi connectivity index (χ1n) is 9.02. The molecule has 3 nitrogen and oxygen atoms in total. The van der Waals surface area contributed by atoms with Crippen LogP contribution in [-0.4, -0.2) is 23.9 Å². The maximum absolute atomic E-state index is 12.8. The average molecular weight is 434 g/mol. The van der Waals surface area contributed by atoms with Gasteiger partial charge in [-0.2, -0.15) is 26.3 Å². The van der Waals surface area contributed by atoms with Crippen molar-refractivity contribution in [2.45, 2.75) is 38.5 Å². The molecule has 0 saturated carbocycles. The normalized spacial score (nSPS) is 13.4. The van der Waals surface area contributed by atoms with E-state index in [0.717, 1.165) is 24.3 Å². The van der Waals surface area contributed by atoms with Crippen molar-refractivity contribution in [2.24, 2.45) is 5.92 Å². The van der Waals surface area contributed by atoms with Crippen LogP contribution in [0.1, 0.15) is 37.3 Å². The summed E-state index contributed by atoms with van der Waals surface area (Å²) in [5, 5.41) is 9.54. The number of carboxylic acids is 1. The average Bonchev–Trinajstić information content (AvgIpc) is 2.63. The first kappa shape index (κ1) is 23.6. The molecule has 0 amide bonds. The summed E-state index contributed by atoms with van der Waals surface area (Å²) in [6.45, 7) is 2.06. The van der Waals surface area contributed by atoms with E-state index in [2.05, 4.69) is 0 Å². The smallest absolute Gasteiger partial charge is 0.422 e. The lowest BCUT2D eigenvalue weighted by atomic mass is 9.88. The Hall–Kier alpha value is -2.71. The van der Waals surface area contributed by atoms with E-state index in [-0.39, 0.29) is 29.2 Å². The lowest BCUT2D eigenvalue weighted by Crippen LogP contribution is -2.19. The molecule has 0 bridgehead atoms. The molecule has 0 saturated heterocycles. The van der Waals surface area contributed by atoms with Crippen LogP contribution in [0.3, 0.4) is 0 Å². The molecule has 164 valence electrons. The Morgan fingerprint density at radius 3 is 2.07 bits per heavy atom.